The number of benzene rings is 3. The SMILES string of the molecule is N#Cc1c(N=Cc2ccc(Cl)c([N+](=O)[O-])c2)oc(-c2ccccc2)c1-c1ccccc1. The van der Waals surface area contributed by atoms with Crippen LogP contribution in [0.25, 0.3) is 22.5 Å². The maximum Gasteiger partial charge on any atom is 0.288 e. The zero-order valence-electron chi connectivity index (χ0n) is 16.0. The number of nitriles is 1. The van der Waals surface area contributed by atoms with Crippen LogP contribution >= 0.6 is 11.6 Å². The van der Waals surface area contributed by atoms with Crippen molar-refractivity contribution >= 4 is 29.4 Å². The molecule has 1 aromatic heterocycles. The third-order valence-electron chi connectivity index (χ3n) is 4.60. The highest BCUT2D eigenvalue weighted by molar-refractivity contribution is 6.32. The van der Waals surface area contributed by atoms with Crippen LogP contribution in [0.4, 0.5) is 11.6 Å². The molecule has 31 heavy (non-hydrogen) atoms. The fourth-order valence-electron chi connectivity index (χ4n) is 3.17. The molecular weight excluding hydrogens is 414 g/mol. The Balaban J connectivity index is 1.85. The van der Waals surface area contributed by atoms with Crippen molar-refractivity contribution in [1.29, 1.82) is 5.26 Å². The van der Waals surface area contributed by atoms with Crippen molar-refractivity contribution in [1.82, 2.24) is 0 Å². The number of nitro benzene ring substituents is 1. The summed E-state index contributed by atoms with van der Waals surface area (Å²) in [7, 11) is 0. The van der Waals surface area contributed by atoms with E-state index in [9.17, 15) is 15.4 Å². The van der Waals surface area contributed by atoms with E-state index >= 15 is 0 Å². The molecule has 1 heterocycles. The molecule has 0 atom stereocenters. The summed E-state index contributed by atoms with van der Waals surface area (Å²) in [5.41, 5.74) is 2.79. The predicted molar refractivity (Wildman–Crippen MR) is 120 cm³/mol. The van der Waals surface area contributed by atoms with Gasteiger partial charge in [-0.15, -0.1) is 0 Å². The summed E-state index contributed by atoms with van der Waals surface area (Å²) in [6.07, 6.45) is 1.41. The molecule has 150 valence electrons. The Morgan fingerprint density at radius 2 is 1.65 bits per heavy atom. The lowest BCUT2D eigenvalue weighted by Crippen LogP contribution is -1.91. The van der Waals surface area contributed by atoms with E-state index in [1.165, 1.54) is 18.3 Å². The van der Waals surface area contributed by atoms with Crippen molar-refractivity contribution in [3.63, 3.8) is 0 Å². The predicted octanol–water partition coefficient (Wildman–Crippen LogP) is 6.80. The van der Waals surface area contributed by atoms with Gasteiger partial charge in [-0.25, -0.2) is 4.99 Å². The molecule has 0 radical (unpaired) electrons. The third kappa shape index (κ3) is 4.08. The van der Waals surface area contributed by atoms with Crippen molar-refractivity contribution in [2.24, 2.45) is 4.99 Å². The van der Waals surface area contributed by atoms with Gasteiger partial charge in [0, 0.05) is 23.4 Å². The van der Waals surface area contributed by atoms with Crippen LogP contribution in [0.15, 0.2) is 88.3 Å². The number of nitrogens with zero attached hydrogens (tertiary/aromatic N) is 3. The molecule has 0 fully saturated rings. The minimum Gasteiger partial charge on any atom is -0.436 e. The minimum atomic E-state index is -0.561. The van der Waals surface area contributed by atoms with E-state index in [1.54, 1.807) is 6.07 Å². The lowest BCUT2D eigenvalue weighted by atomic mass is 9.98. The first-order chi connectivity index (χ1) is 15.1. The first-order valence-corrected chi connectivity index (χ1v) is 9.62. The highest BCUT2D eigenvalue weighted by atomic mass is 35.5. The van der Waals surface area contributed by atoms with Crippen molar-refractivity contribution in [2.45, 2.75) is 0 Å². The van der Waals surface area contributed by atoms with Crippen LogP contribution in [0.1, 0.15) is 11.1 Å². The average Bonchev–Trinajstić information content (AvgIpc) is 3.18. The summed E-state index contributed by atoms with van der Waals surface area (Å²) in [4.78, 5) is 14.9. The van der Waals surface area contributed by atoms with E-state index < -0.39 is 4.92 Å². The Morgan fingerprint density at radius 3 is 2.26 bits per heavy atom. The molecule has 6 nitrogen and oxygen atoms in total. The van der Waals surface area contributed by atoms with Gasteiger partial charge in [0.15, 0.2) is 0 Å². The van der Waals surface area contributed by atoms with Gasteiger partial charge in [0.2, 0.25) is 5.88 Å². The lowest BCUT2D eigenvalue weighted by molar-refractivity contribution is -0.384. The first-order valence-electron chi connectivity index (χ1n) is 9.24. The Labute approximate surface area is 182 Å². The van der Waals surface area contributed by atoms with Gasteiger partial charge in [0.05, 0.1) is 4.92 Å². The van der Waals surface area contributed by atoms with Gasteiger partial charge >= 0.3 is 0 Å². The van der Waals surface area contributed by atoms with Crippen molar-refractivity contribution in [2.75, 3.05) is 0 Å². The number of furan rings is 1. The molecule has 0 aliphatic carbocycles. The number of aliphatic imine (C=N–C) groups is 1. The zero-order valence-corrected chi connectivity index (χ0v) is 16.8. The molecule has 0 saturated carbocycles. The van der Waals surface area contributed by atoms with Crippen LogP contribution in [-0.4, -0.2) is 11.1 Å². The van der Waals surface area contributed by atoms with Gasteiger partial charge in [-0.05, 0) is 17.2 Å². The van der Waals surface area contributed by atoms with Gasteiger partial charge in [-0.3, -0.25) is 10.1 Å². The molecule has 4 aromatic rings. The van der Waals surface area contributed by atoms with Gasteiger partial charge in [-0.1, -0.05) is 78.3 Å². The Bertz CT molecular complexity index is 1320. The van der Waals surface area contributed by atoms with E-state index in [0.29, 0.717) is 16.9 Å². The molecule has 0 saturated heterocycles. The molecule has 0 amide bonds. The molecule has 0 N–H and O–H groups in total. The summed E-state index contributed by atoms with van der Waals surface area (Å²) >= 11 is 5.87. The molecule has 4 rings (SSSR count). The van der Waals surface area contributed by atoms with Gasteiger partial charge < -0.3 is 4.42 Å². The number of nitro groups is 1. The molecule has 3 aromatic carbocycles. The topological polar surface area (TPSA) is 92.4 Å². The molecule has 0 aliphatic rings. The van der Waals surface area contributed by atoms with Crippen molar-refractivity contribution in [3.8, 4) is 28.5 Å². The third-order valence-corrected chi connectivity index (χ3v) is 4.92. The molecule has 7 heteroatoms. The maximum atomic E-state index is 11.1. The second kappa shape index (κ2) is 8.66. The minimum absolute atomic E-state index is 0.0376. The number of halogens is 1. The fraction of sp³-hybridized carbons (Fsp3) is 0. The van der Waals surface area contributed by atoms with Crippen LogP contribution in [0.5, 0.6) is 0 Å². The summed E-state index contributed by atoms with van der Waals surface area (Å²) in [6.45, 7) is 0. The molecule has 0 bridgehead atoms. The Morgan fingerprint density at radius 1 is 1.00 bits per heavy atom. The summed E-state index contributed by atoms with van der Waals surface area (Å²) in [5, 5.41) is 21.0. The second-order valence-electron chi connectivity index (χ2n) is 6.56. The summed E-state index contributed by atoms with van der Waals surface area (Å²) in [5.74, 6) is 0.649. The van der Waals surface area contributed by atoms with E-state index in [-0.39, 0.29) is 22.2 Å². The number of hydrogen-bond acceptors (Lipinski definition) is 5. The van der Waals surface area contributed by atoms with E-state index in [2.05, 4.69) is 11.1 Å². The number of rotatable bonds is 5. The molecule has 0 aliphatic heterocycles. The van der Waals surface area contributed by atoms with E-state index in [1.807, 2.05) is 60.7 Å². The highest BCUT2D eigenvalue weighted by Gasteiger charge is 2.22. The van der Waals surface area contributed by atoms with Crippen LogP contribution in [-0.2, 0) is 0 Å². The monoisotopic (exact) mass is 427 g/mol. The van der Waals surface area contributed by atoms with Crippen LogP contribution in [0.2, 0.25) is 5.02 Å². The van der Waals surface area contributed by atoms with Crippen LogP contribution in [0, 0.1) is 21.4 Å². The average molecular weight is 428 g/mol. The quantitative estimate of drug-likeness (QED) is 0.199. The second-order valence-corrected chi connectivity index (χ2v) is 6.96. The highest BCUT2D eigenvalue weighted by Crippen LogP contribution is 2.42. The normalized spacial score (nSPS) is 10.8. The lowest BCUT2D eigenvalue weighted by Gasteiger charge is -2.03. The molecule has 0 spiro atoms. The zero-order chi connectivity index (χ0) is 21.8. The fourth-order valence-corrected chi connectivity index (χ4v) is 3.36. The van der Waals surface area contributed by atoms with Crippen molar-refractivity contribution in [3.05, 3.63) is 105 Å². The van der Waals surface area contributed by atoms with E-state index in [4.69, 9.17) is 16.0 Å². The van der Waals surface area contributed by atoms with Crippen molar-refractivity contribution < 1.29 is 9.34 Å². The van der Waals surface area contributed by atoms with Gasteiger partial charge in [0.1, 0.15) is 22.4 Å². The van der Waals surface area contributed by atoms with Gasteiger partial charge in [0.25, 0.3) is 5.69 Å². The smallest absolute Gasteiger partial charge is 0.288 e. The van der Waals surface area contributed by atoms with Crippen LogP contribution < -0.4 is 0 Å². The summed E-state index contributed by atoms with van der Waals surface area (Å²) in [6, 6.07) is 25.4. The molecule has 0 unspecified atom stereocenters. The Kier molecular flexibility index (Phi) is 5.61. The standard InChI is InChI=1S/C24H14ClN3O3/c25-20-12-11-16(13-21(20)28(29)30)15-27-24-19(14-26)22(17-7-3-1-4-8-17)23(31-24)18-9-5-2-6-10-18/h1-13,15H. The first kappa shape index (κ1) is 20.1. The van der Waals surface area contributed by atoms with Gasteiger partial charge in [-0.2, -0.15) is 5.26 Å². The Hall–Kier alpha value is -4.21. The maximum absolute atomic E-state index is 11.1. The summed E-state index contributed by atoms with van der Waals surface area (Å²) < 4.78 is 6.02. The molecular formula is C24H14ClN3O3. The van der Waals surface area contributed by atoms with Crippen LogP contribution in [0.3, 0.4) is 0 Å². The van der Waals surface area contributed by atoms with E-state index in [0.717, 1.165) is 11.1 Å². The largest absolute Gasteiger partial charge is 0.436 e. The number of hydrogen-bond donors (Lipinski definition) is 0.